The van der Waals surface area contributed by atoms with Crippen molar-refractivity contribution in [1.29, 1.82) is 0 Å². The smallest absolute Gasteiger partial charge is 0.227 e. The molecule has 0 radical (unpaired) electrons. The zero-order valence-corrected chi connectivity index (χ0v) is 19.5. The number of nitrogens with one attached hydrogen (secondary N) is 1. The van der Waals surface area contributed by atoms with E-state index >= 15 is 0 Å². The number of anilines is 2. The second-order valence-electron chi connectivity index (χ2n) is 9.49. The Morgan fingerprint density at radius 2 is 1.57 bits per heavy atom. The number of carbonyl (C=O) groups excluding carboxylic acids is 1. The quantitative estimate of drug-likeness (QED) is 0.783. The molecule has 30 heavy (non-hydrogen) atoms. The molecule has 1 N–H and O–H groups in total. The van der Waals surface area contributed by atoms with Gasteiger partial charge in [-0.2, -0.15) is 0 Å². The van der Waals surface area contributed by atoms with Crippen LogP contribution in [-0.4, -0.2) is 61.8 Å². The highest BCUT2D eigenvalue weighted by molar-refractivity contribution is 7.90. The molecule has 168 valence electrons. The molecular formula is C22H35N3O4S. The minimum Gasteiger partial charge on any atom is -0.372 e. The summed E-state index contributed by atoms with van der Waals surface area (Å²) in [6, 6.07) is 7.91. The van der Waals surface area contributed by atoms with Gasteiger partial charge in [-0.05, 0) is 71.7 Å². The molecule has 0 spiro atoms. The molecule has 1 aromatic rings. The fourth-order valence-electron chi connectivity index (χ4n) is 4.13. The average Bonchev–Trinajstić information content (AvgIpc) is 2.67. The van der Waals surface area contributed by atoms with E-state index in [1.54, 1.807) is 20.8 Å². The maximum Gasteiger partial charge on any atom is 0.227 e. The molecule has 2 atom stereocenters. The number of ether oxygens (including phenoxy) is 1. The molecule has 2 aliphatic rings. The molecule has 2 aliphatic heterocycles. The Morgan fingerprint density at radius 1 is 1.03 bits per heavy atom. The first kappa shape index (κ1) is 23.0. The van der Waals surface area contributed by atoms with Gasteiger partial charge in [-0.15, -0.1) is 0 Å². The maximum absolute atomic E-state index is 12.7. The lowest BCUT2D eigenvalue weighted by Crippen LogP contribution is -2.47. The zero-order chi connectivity index (χ0) is 22.1. The van der Waals surface area contributed by atoms with Crippen LogP contribution in [0.1, 0.15) is 47.5 Å². The van der Waals surface area contributed by atoms with Gasteiger partial charge in [0.1, 0.15) is 0 Å². The van der Waals surface area contributed by atoms with Crippen molar-refractivity contribution in [3.63, 3.8) is 0 Å². The summed E-state index contributed by atoms with van der Waals surface area (Å²) in [7, 11) is -3.34. The van der Waals surface area contributed by atoms with Crippen LogP contribution in [-0.2, 0) is 19.6 Å². The third kappa shape index (κ3) is 5.15. The number of nitrogens with zero attached hydrogens (tertiary/aromatic N) is 2. The van der Waals surface area contributed by atoms with Gasteiger partial charge in [-0.25, -0.2) is 12.7 Å². The highest BCUT2D eigenvalue weighted by atomic mass is 32.2. The molecule has 2 fully saturated rings. The number of sulfonamides is 1. The molecule has 2 saturated heterocycles. The lowest BCUT2D eigenvalue weighted by molar-refractivity contribution is -0.120. The van der Waals surface area contributed by atoms with E-state index < -0.39 is 14.8 Å². The molecule has 0 bridgehead atoms. The van der Waals surface area contributed by atoms with Gasteiger partial charge in [0.05, 0.1) is 17.0 Å². The number of benzene rings is 1. The van der Waals surface area contributed by atoms with Crippen LogP contribution in [0.4, 0.5) is 11.4 Å². The number of amides is 1. The summed E-state index contributed by atoms with van der Waals surface area (Å²) >= 11 is 0. The van der Waals surface area contributed by atoms with E-state index in [1.165, 1.54) is 4.31 Å². The van der Waals surface area contributed by atoms with Crippen LogP contribution in [0.5, 0.6) is 0 Å². The van der Waals surface area contributed by atoms with Gasteiger partial charge < -0.3 is 15.0 Å². The lowest BCUT2D eigenvalue weighted by Gasteiger charge is -2.37. The van der Waals surface area contributed by atoms with Crippen LogP contribution in [0.15, 0.2) is 24.3 Å². The Labute approximate surface area is 180 Å². The van der Waals surface area contributed by atoms with Gasteiger partial charge >= 0.3 is 0 Å². The highest BCUT2D eigenvalue weighted by Crippen LogP contribution is 2.27. The summed E-state index contributed by atoms with van der Waals surface area (Å²) in [5, 5.41) is 2.99. The van der Waals surface area contributed by atoms with Gasteiger partial charge in [0, 0.05) is 43.5 Å². The Morgan fingerprint density at radius 3 is 2.07 bits per heavy atom. The molecule has 3 rings (SSSR count). The summed E-state index contributed by atoms with van der Waals surface area (Å²) in [6.07, 6.45) is 1.48. The predicted molar refractivity (Wildman–Crippen MR) is 120 cm³/mol. The van der Waals surface area contributed by atoms with Crippen molar-refractivity contribution >= 4 is 27.3 Å². The van der Waals surface area contributed by atoms with E-state index in [4.69, 9.17) is 4.74 Å². The fourth-order valence-corrected chi connectivity index (χ4v) is 5.60. The zero-order valence-electron chi connectivity index (χ0n) is 18.7. The van der Waals surface area contributed by atoms with Crippen LogP contribution in [0, 0.1) is 5.92 Å². The monoisotopic (exact) mass is 437 g/mol. The van der Waals surface area contributed by atoms with Crippen LogP contribution in [0.2, 0.25) is 0 Å². The molecule has 7 nitrogen and oxygen atoms in total. The van der Waals surface area contributed by atoms with Gasteiger partial charge in [0.15, 0.2) is 0 Å². The number of carbonyl (C=O) groups is 1. The molecule has 0 saturated carbocycles. The van der Waals surface area contributed by atoms with Crippen molar-refractivity contribution < 1.29 is 17.9 Å². The molecule has 8 heteroatoms. The molecule has 2 unspecified atom stereocenters. The van der Waals surface area contributed by atoms with E-state index in [0.29, 0.717) is 25.9 Å². The molecule has 2 heterocycles. The molecule has 1 amide bonds. The molecule has 1 aromatic carbocycles. The van der Waals surface area contributed by atoms with E-state index in [-0.39, 0.29) is 24.0 Å². The second-order valence-corrected chi connectivity index (χ2v) is 12.2. The fraction of sp³-hybridized carbons (Fsp3) is 0.682. The van der Waals surface area contributed by atoms with Gasteiger partial charge in [0.25, 0.3) is 0 Å². The van der Waals surface area contributed by atoms with Crippen molar-refractivity contribution in [2.45, 2.75) is 64.4 Å². The summed E-state index contributed by atoms with van der Waals surface area (Å²) in [5.74, 6) is -0.207. The number of rotatable bonds is 4. The number of piperidine rings is 1. The average molecular weight is 438 g/mol. The van der Waals surface area contributed by atoms with Gasteiger partial charge in [-0.1, -0.05) is 0 Å². The summed E-state index contributed by atoms with van der Waals surface area (Å²) in [5.41, 5.74) is 1.89. The Kier molecular flexibility index (Phi) is 6.79. The Balaban J connectivity index is 1.54. The first-order valence-electron chi connectivity index (χ1n) is 10.8. The SMILES string of the molecule is CC1CN(c2ccc(NC(=O)C3CCN(S(=O)(=O)C(C)(C)C)CC3)cc2)CC(C)O1. The van der Waals surface area contributed by atoms with Gasteiger partial charge in [0.2, 0.25) is 15.9 Å². The summed E-state index contributed by atoms with van der Waals surface area (Å²) in [4.78, 5) is 15.0. The minimum atomic E-state index is -3.34. The predicted octanol–water partition coefficient (Wildman–Crippen LogP) is 3.08. The first-order valence-corrected chi connectivity index (χ1v) is 12.2. The van der Waals surface area contributed by atoms with E-state index in [9.17, 15) is 13.2 Å². The third-order valence-electron chi connectivity index (χ3n) is 5.86. The van der Waals surface area contributed by atoms with Crippen LogP contribution >= 0.6 is 0 Å². The number of hydrogen-bond acceptors (Lipinski definition) is 5. The minimum absolute atomic E-state index is 0.0378. The molecular weight excluding hydrogens is 402 g/mol. The summed E-state index contributed by atoms with van der Waals surface area (Å²) < 4.78 is 31.7. The van der Waals surface area contributed by atoms with Gasteiger partial charge in [-0.3, -0.25) is 4.79 Å². The second kappa shape index (κ2) is 8.85. The first-order chi connectivity index (χ1) is 14.0. The van der Waals surface area contributed by atoms with Crippen LogP contribution in [0.3, 0.4) is 0 Å². The lowest BCUT2D eigenvalue weighted by atomic mass is 9.97. The maximum atomic E-state index is 12.7. The standard InChI is InChI=1S/C22H35N3O4S/c1-16-14-24(15-17(2)29-16)20-8-6-19(7-9-20)23-21(26)18-10-12-25(13-11-18)30(27,28)22(3,4)5/h6-9,16-18H,10-15H2,1-5H3,(H,23,26). The van der Waals surface area contributed by atoms with Crippen molar-refractivity contribution in [1.82, 2.24) is 4.31 Å². The van der Waals surface area contributed by atoms with Crippen LogP contribution < -0.4 is 10.2 Å². The van der Waals surface area contributed by atoms with E-state index in [0.717, 1.165) is 24.5 Å². The van der Waals surface area contributed by atoms with Crippen molar-refractivity contribution in [2.75, 3.05) is 36.4 Å². The highest BCUT2D eigenvalue weighted by Gasteiger charge is 2.38. The van der Waals surface area contributed by atoms with Crippen LogP contribution in [0.25, 0.3) is 0 Å². The van der Waals surface area contributed by atoms with E-state index in [1.807, 2.05) is 24.3 Å². The topological polar surface area (TPSA) is 79.0 Å². The van der Waals surface area contributed by atoms with Crippen molar-refractivity contribution in [3.8, 4) is 0 Å². The number of morpholine rings is 1. The largest absolute Gasteiger partial charge is 0.372 e. The molecule has 0 aromatic heterocycles. The summed E-state index contributed by atoms with van der Waals surface area (Å²) in [6.45, 7) is 11.8. The third-order valence-corrected chi connectivity index (χ3v) is 8.45. The Hall–Kier alpha value is -1.64. The van der Waals surface area contributed by atoms with E-state index in [2.05, 4.69) is 24.1 Å². The number of hydrogen-bond donors (Lipinski definition) is 1. The molecule has 0 aliphatic carbocycles. The Bertz CT molecular complexity index is 830. The van der Waals surface area contributed by atoms with Crippen molar-refractivity contribution in [3.05, 3.63) is 24.3 Å². The van der Waals surface area contributed by atoms with Crippen molar-refractivity contribution in [2.24, 2.45) is 5.92 Å². The normalized spacial score (nSPS) is 24.6.